The highest BCUT2D eigenvalue weighted by molar-refractivity contribution is 5.56. The van der Waals surface area contributed by atoms with Crippen molar-refractivity contribution in [1.29, 1.82) is 5.26 Å². The molecular formula is C11H11F3N2. The molecule has 1 atom stereocenters. The van der Waals surface area contributed by atoms with Crippen LogP contribution in [0.15, 0.2) is 12.1 Å². The van der Waals surface area contributed by atoms with Gasteiger partial charge in [0.15, 0.2) is 0 Å². The molecule has 86 valence electrons. The third-order valence-corrected chi connectivity index (χ3v) is 2.23. The van der Waals surface area contributed by atoms with E-state index in [1.54, 1.807) is 6.07 Å². The maximum Gasteiger partial charge on any atom is 0.258 e. The van der Waals surface area contributed by atoms with Gasteiger partial charge in [-0.3, -0.25) is 0 Å². The van der Waals surface area contributed by atoms with E-state index in [0.29, 0.717) is 0 Å². The van der Waals surface area contributed by atoms with Gasteiger partial charge in [-0.2, -0.15) is 5.26 Å². The van der Waals surface area contributed by atoms with Gasteiger partial charge < -0.3 is 5.32 Å². The van der Waals surface area contributed by atoms with Crippen molar-refractivity contribution in [2.75, 3.05) is 5.32 Å². The Hall–Kier alpha value is -1.70. The topological polar surface area (TPSA) is 35.8 Å². The Morgan fingerprint density at radius 2 is 2.00 bits per heavy atom. The van der Waals surface area contributed by atoms with Crippen LogP contribution < -0.4 is 5.32 Å². The molecule has 1 aromatic rings. The molecule has 0 bridgehead atoms. The lowest BCUT2D eigenvalue weighted by molar-refractivity contribution is 0.130. The van der Waals surface area contributed by atoms with Gasteiger partial charge in [0.2, 0.25) is 0 Å². The largest absolute Gasteiger partial charge is 0.377 e. The van der Waals surface area contributed by atoms with Gasteiger partial charge in [-0.25, -0.2) is 13.2 Å². The van der Waals surface area contributed by atoms with E-state index in [1.807, 2.05) is 0 Å². The molecule has 0 spiro atoms. The van der Waals surface area contributed by atoms with Crippen molar-refractivity contribution in [2.45, 2.75) is 26.3 Å². The van der Waals surface area contributed by atoms with E-state index >= 15 is 0 Å². The first-order valence-corrected chi connectivity index (χ1v) is 4.70. The monoisotopic (exact) mass is 228 g/mol. The smallest absolute Gasteiger partial charge is 0.258 e. The lowest BCUT2D eigenvalue weighted by Crippen LogP contribution is -2.24. The van der Waals surface area contributed by atoms with Gasteiger partial charge in [0.05, 0.1) is 17.7 Å². The lowest BCUT2D eigenvalue weighted by atomic mass is 10.1. The maximum atomic E-state index is 13.3. The van der Waals surface area contributed by atoms with Gasteiger partial charge in [-0.1, -0.05) is 0 Å². The van der Waals surface area contributed by atoms with Crippen LogP contribution in [-0.2, 0) is 0 Å². The molecule has 0 aliphatic carbocycles. The van der Waals surface area contributed by atoms with Crippen molar-refractivity contribution < 1.29 is 13.2 Å². The number of nitrogens with zero attached hydrogens (tertiary/aromatic N) is 1. The molecule has 1 rings (SSSR count). The van der Waals surface area contributed by atoms with Crippen LogP contribution in [0.1, 0.15) is 18.1 Å². The summed E-state index contributed by atoms with van der Waals surface area (Å²) in [6.07, 6.45) is -2.55. The summed E-state index contributed by atoms with van der Waals surface area (Å²) < 4.78 is 37.9. The van der Waals surface area contributed by atoms with Crippen LogP contribution in [0.4, 0.5) is 18.9 Å². The quantitative estimate of drug-likeness (QED) is 0.862. The van der Waals surface area contributed by atoms with Crippen molar-refractivity contribution in [3.63, 3.8) is 0 Å². The number of hydrogen-bond acceptors (Lipinski definition) is 2. The minimum absolute atomic E-state index is 0.104. The third-order valence-electron chi connectivity index (χ3n) is 2.23. The molecule has 1 N–H and O–H groups in total. The number of benzene rings is 1. The fourth-order valence-electron chi connectivity index (χ4n) is 1.20. The molecule has 0 aliphatic heterocycles. The summed E-state index contributed by atoms with van der Waals surface area (Å²) in [6.45, 7) is 2.76. The van der Waals surface area contributed by atoms with Crippen molar-refractivity contribution in [3.05, 3.63) is 29.1 Å². The molecule has 0 aromatic heterocycles. The zero-order chi connectivity index (χ0) is 12.3. The van der Waals surface area contributed by atoms with Gasteiger partial charge in [-0.05, 0) is 26.0 Å². The van der Waals surface area contributed by atoms with Gasteiger partial charge in [0.1, 0.15) is 5.82 Å². The van der Waals surface area contributed by atoms with Crippen LogP contribution in [0.5, 0.6) is 0 Å². The second-order valence-electron chi connectivity index (χ2n) is 3.51. The Balaban J connectivity index is 3.04. The molecule has 0 amide bonds. The zero-order valence-electron chi connectivity index (χ0n) is 8.89. The Kier molecular flexibility index (Phi) is 3.78. The summed E-state index contributed by atoms with van der Waals surface area (Å²) in [5, 5.41) is 11.1. The molecule has 0 fully saturated rings. The van der Waals surface area contributed by atoms with E-state index in [4.69, 9.17) is 5.26 Å². The minimum atomic E-state index is -2.55. The number of alkyl halides is 2. The van der Waals surface area contributed by atoms with Gasteiger partial charge in [0.25, 0.3) is 6.43 Å². The predicted molar refractivity (Wildman–Crippen MR) is 54.9 cm³/mol. The second kappa shape index (κ2) is 4.88. The molecule has 0 saturated carbocycles. The molecule has 0 saturated heterocycles. The number of nitrogens with one attached hydrogen (secondary N) is 1. The normalized spacial score (nSPS) is 12.3. The van der Waals surface area contributed by atoms with Crippen molar-refractivity contribution in [3.8, 4) is 6.07 Å². The first-order valence-electron chi connectivity index (χ1n) is 4.70. The van der Waals surface area contributed by atoms with E-state index in [9.17, 15) is 13.2 Å². The lowest BCUT2D eigenvalue weighted by Gasteiger charge is -2.16. The molecule has 16 heavy (non-hydrogen) atoms. The van der Waals surface area contributed by atoms with E-state index in [0.717, 1.165) is 6.07 Å². The summed E-state index contributed by atoms with van der Waals surface area (Å²) in [6, 6.07) is 3.12. The molecule has 1 unspecified atom stereocenters. The molecule has 5 heteroatoms. The number of nitriles is 1. The highest BCUT2D eigenvalue weighted by Gasteiger charge is 2.16. The summed E-state index contributed by atoms with van der Waals surface area (Å²) in [4.78, 5) is 0. The number of hydrogen-bond donors (Lipinski definition) is 1. The highest BCUT2D eigenvalue weighted by Crippen LogP contribution is 2.22. The summed E-state index contributed by atoms with van der Waals surface area (Å²) >= 11 is 0. The first-order chi connectivity index (χ1) is 7.45. The molecule has 0 radical (unpaired) electrons. The van der Waals surface area contributed by atoms with Crippen LogP contribution in [0.2, 0.25) is 0 Å². The van der Waals surface area contributed by atoms with Crippen molar-refractivity contribution >= 4 is 5.69 Å². The van der Waals surface area contributed by atoms with E-state index in [2.05, 4.69) is 5.32 Å². The molecule has 2 nitrogen and oxygen atoms in total. The molecule has 1 aromatic carbocycles. The Labute approximate surface area is 91.7 Å². The van der Waals surface area contributed by atoms with Crippen molar-refractivity contribution in [1.82, 2.24) is 0 Å². The van der Waals surface area contributed by atoms with E-state index < -0.39 is 18.3 Å². The van der Waals surface area contributed by atoms with Crippen LogP contribution in [0.3, 0.4) is 0 Å². The average molecular weight is 228 g/mol. The van der Waals surface area contributed by atoms with Crippen molar-refractivity contribution in [2.24, 2.45) is 0 Å². The predicted octanol–water partition coefficient (Wildman–Crippen LogP) is 3.07. The molecule has 0 aliphatic rings. The fraction of sp³-hybridized carbons (Fsp3) is 0.364. The Morgan fingerprint density at radius 3 is 2.50 bits per heavy atom. The van der Waals surface area contributed by atoms with Gasteiger partial charge in [0, 0.05) is 11.3 Å². The summed E-state index contributed by atoms with van der Waals surface area (Å²) in [5.41, 5.74) is 0.558. The first kappa shape index (κ1) is 12.4. The Morgan fingerprint density at radius 1 is 1.38 bits per heavy atom. The molecule has 0 heterocycles. The average Bonchev–Trinajstić information content (AvgIpc) is 2.24. The minimum Gasteiger partial charge on any atom is -0.377 e. The summed E-state index contributed by atoms with van der Waals surface area (Å²) in [7, 11) is 0. The number of rotatable bonds is 3. The summed E-state index contributed by atoms with van der Waals surface area (Å²) in [5.74, 6) is -0.581. The molecular weight excluding hydrogens is 217 g/mol. The standard InChI is InChI=1S/C11H11F3N2/c1-6-9(12)3-8(5-15)4-10(6)16-7(2)11(13)14/h3-4,7,11,16H,1-2H3. The maximum absolute atomic E-state index is 13.3. The van der Waals surface area contributed by atoms with E-state index in [-0.39, 0.29) is 16.8 Å². The third kappa shape index (κ3) is 2.66. The SMILES string of the molecule is Cc1c(F)cc(C#N)cc1NC(C)C(F)F. The van der Waals surface area contributed by atoms with Crippen LogP contribution in [0, 0.1) is 24.1 Å². The second-order valence-corrected chi connectivity index (χ2v) is 3.51. The number of anilines is 1. The van der Waals surface area contributed by atoms with Crippen LogP contribution in [-0.4, -0.2) is 12.5 Å². The van der Waals surface area contributed by atoms with Gasteiger partial charge >= 0.3 is 0 Å². The number of halogens is 3. The van der Waals surface area contributed by atoms with E-state index in [1.165, 1.54) is 19.9 Å². The van der Waals surface area contributed by atoms with Crippen LogP contribution in [0.25, 0.3) is 0 Å². The zero-order valence-corrected chi connectivity index (χ0v) is 8.89. The van der Waals surface area contributed by atoms with Crippen LogP contribution >= 0.6 is 0 Å². The fourth-order valence-corrected chi connectivity index (χ4v) is 1.20. The van der Waals surface area contributed by atoms with Gasteiger partial charge in [-0.15, -0.1) is 0 Å². The Bertz CT molecular complexity index is 424. The highest BCUT2D eigenvalue weighted by atomic mass is 19.3.